The van der Waals surface area contributed by atoms with E-state index in [1.54, 1.807) is 16.7 Å². The fraction of sp³-hybridized carbons (Fsp3) is 0.462. The molecule has 0 amide bonds. The molecule has 1 aliphatic rings. The summed E-state index contributed by atoms with van der Waals surface area (Å²) in [5.74, 6) is -0.395. The molecular weight excluding hydrogens is 235 g/mol. The van der Waals surface area contributed by atoms with E-state index in [4.69, 9.17) is 4.74 Å². The molecule has 0 spiro atoms. The molecule has 5 heteroatoms. The van der Waals surface area contributed by atoms with Crippen LogP contribution in [0, 0.1) is 5.82 Å². The van der Waals surface area contributed by atoms with Crippen LogP contribution in [-0.2, 0) is 11.3 Å². The first-order chi connectivity index (χ1) is 8.75. The Morgan fingerprint density at radius 1 is 1.44 bits per heavy atom. The van der Waals surface area contributed by atoms with E-state index in [0.29, 0.717) is 12.1 Å². The zero-order valence-corrected chi connectivity index (χ0v) is 9.99. The summed E-state index contributed by atoms with van der Waals surface area (Å²) in [6, 6.07) is 4.71. The van der Waals surface area contributed by atoms with E-state index in [1.165, 1.54) is 6.07 Å². The number of fused-ring (bicyclic) bond motifs is 1. The summed E-state index contributed by atoms with van der Waals surface area (Å²) in [6.07, 6.45) is 3.21. The minimum absolute atomic E-state index is 0.0544. The molecule has 1 aromatic heterocycles. The minimum Gasteiger partial charge on any atom is -0.376 e. The van der Waals surface area contributed by atoms with E-state index >= 15 is 0 Å². The Morgan fingerprint density at radius 3 is 3.11 bits per heavy atom. The predicted octanol–water partition coefficient (Wildman–Crippen LogP) is 2.04. The van der Waals surface area contributed by atoms with Crippen LogP contribution in [0.25, 0.3) is 11.0 Å². The quantitative estimate of drug-likeness (QED) is 0.886. The number of imidazole rings is 1. The average Bonchev–Trinajstić information content (AvgIpc) is 2.70. The lowest BCUT2D eigenvalue weighted by atomic mass is 10.1. The lowest BCUT2D eigenvalue weighted by molar-refractivity contribution is 0.00613. The number of para-hydroxylation sites is 1. The molecule has 1 atom stereocenters. The van der Waals surface area contributed by atoms with Crippen LogP contribution in [0.1, 0.15) is 19.3 Å². The van der Waals surface area contributed by atoms with Gasteiger partial charge in [0.1, 0.15) is 11.3 Å². The molecular formula is C13H15FN2O2. The maximum atomic E-state index is 13.5. The first-order valence-corrected chi connectivity index (χ1v) is 6.24. The zero-order valence-electron chi connectivity index (χ0n) is 9.99. The fourth-order valence-electron chi connectivity index (χ4n) is 2.48. The molecule has 1 fully saturated rings. The van der Waals surface area contributed by atoms with E-state index in [1.807, 2.05) is 0 Å². The second-order valence-corrected chi connectivity index (χ2v) is 4.66. The van der Waals surface area contributed by atoms with Crippen molar-refractivity contribution in [2.75, 3.05) is 6.61 Å². The summed E-state index contributed by atoms with van der Waals surface area (Å²) < 4.78 is 20.7. The number of nitrogens with one attached hydrogen (secondary N) is 1. The van der Waals surface area contributed by atoms with Crippen LogP contribution in [-0.4, -0.2) is 22.3 Å². The van der Waals surface area contributed by atoms with Crippen molar-refractivity contribution in [3.8, 4) is 0 Å². The molecule has 2 aromatic rings. The monoisotopic (exact) mass is 250 g/mol. The first kappa shape index (κ1) is 11.5. The Hall–Kier alpha value is -1.62. The van der Waals surface area contributed by atoms with Gasteiger partial charge in [0.15, 0.2) is 0 Å². The van der Waals surface area contributed by atoms with Crippen LogP contribution >= 0.6 is 0 Å². The Bertz CT molecular complexity index is 611. The van der Waals surface area contributed by atoms with Crippen molar-refractivity contribution in [3.63, 3.8) is 0 Å². The van der Waals surface area contributed by atoms with E-state index in [0.717, 1.165) is 25.9 Å². The Balaban J connectivity index is 1.98. The van der Waals surface area contributed by atoms with E-state index in [2.05, 4.69) is 4.98 Å². The van der Waals surface area contributed by atoms with Crippen LogP contribution in [0.2, 0.25) is 0 Å². The molecule has 1 aromatic carbocycles. The highest BCUT2D eigenvalue weighted by Gasteiger charge is 2.18. The van der Waals surface area contributed by atoms with E-state index in [-0.39, 0.29) is 17.3 Å². The van der Waals surface area contributed by atoms with Crippen molar-refractivity contribution in [1.29, 1.82) is 0 Å². The largest absolute Gasteiger partial charge is 0.376 e. The number of hydrogen-bond donors (Lipinski definition) is 1. The number of nitrogens with zero attached hydrogens (tertiary/aromatic N) is 1. The smallest absolute Gasteiger partial charge is 0.326 e. The van der Waals surface area contributed by atoms with Crippen molar-refractivity contribution >= 4 is 11.0 Å². The molecule has 0 aliphatic carbocycles. The summed E-state index contributed by atoms with van der Waals surface area (Å²) in [6.45, 7) is 1.23. The number of hydrogen-bond acceptors (Lipinski definition) is 2. The lowest BCUT2D eigenvalue weighted by Crippen LogP contribution is -2.29. The lowest BCUT2D eigenvalue weighted by Gasteiger charge is -2.22. The van der Waals surface area contributed by atoms with Gasteiger partial charge in [0, 0.05) is 6.61 Å². The van der Waals surface area contributed by atoms with Crippen LogP contribution < -0.4 is 5.69 Å². The van der Waals surface area contributed by atoms with Crippen LogP contribution in [0.15, 0.2) is 23.0 Å². The normalized spacial score (nSPS) is 20.4. The Morgan fingerprint density at radius 2 is 2.33 bits per heavy atom. The van der Waals surface area contributed by atoms with Crippen molar-refractivity contribution in [3.05, 3.63) is 34.5 Å². The maximum absolute atomic E-state index is 13.5. The highest BCUT2D eigenvalue weighted by atomic mass is 19.1. The summed E-state index contributed by atoms with van der Waals surface area (Å²) in [7, 11) is 0. The third-order valence-electron chi connectivity index (χ3n) is 3.42. The van der Waals surface area contributed by atoms with Gasteiger partial charge in [-0.25, -0.2) is 9.18 Å². The van der Waals surface area contributed by atoms with E-state index in [9.17, 15) is 9.18 Å². The van der Waals surface area contributed by atoms with Crippen molar-refractivity contribution in [2.24, 2.45) is 0 Å². The molecule has 0 saturated carbocycles. The molecule has 1 unspecified atom stereocenters. The topological polar surface area (TPSA) is 47.0 Å². The van der Waals surface area contributed by atoms with Gasteiger partial charge in [0.25, 0.3) is 0 Å². The zero-order chi connectivity index (χ0) is 12.5. The highest BCUT2D eigenvalue weighted by Crippen LogP contribution is 2.18. The molecule has 3 rings (SSSR count). The molecule has 96 valence electrons. The Kier molecular flexibility index (Phi) is 2.91. The third-order valence-corrected chi connectivity index (χ3v) is 3.42. The second-order valence-electron chi connectivity index (χ2n) is 4.66. The highest BCUT2D eigenvalue weighted by molar-refractivity contribution is 5.75. The van der Waals surface area contributed by atoms with Crippen LogP contribution in [0.3, 0.4) is 0 Å². The van der Waals surface area contributed by atoms with Gasteiger partial charge in [-0.15, -0.1) is 0 Å². The molecule has 1 N–H and O–H groups in total. The number of aromatic amines is 1. The van der Waals surface area contributed by atoms with Gasteiger partial charge < -0.3 is 9.72 Å². The fourth-order valence-corrected chi connectivity index (χ4v) is 2.48. The molecule has 0 bridgehead atoms. The Labute approximate surface area is 103 Å². The number of aromatic nitrogens is 2. The molecule has 18 heavy (non-hydrogen) atoms. The maximum Gasteiger partial charge on any atom is 0.326 e. The SMILES string of the molecule is O=c1[nH]c2c(F)cccc2n1CC1CCCCO1. The van der Waals surface area contributed by atoms with Gasteiger partial charge in [-0.2, -0.15) is 0 Å². The van der Waals surface area contributed by atoms with Gasteiger partial charge in [0.2, 0.25) is 0 Å². The van der Waals surface area contributed by atoms with Crippen LogP contribution in [0.4, 0.5) is 4.39 Å². The predicted molar refractivity (Wildman–Crippen MR) is 66.1 cm³/mol. The number of rotatable bonds is 2. The first-order valence-electron chi connectivity index (χ1n) is 6.24. The summed E-state index contributed by atoms with van der Waals surface area (Å²) in [4.78, 5) is 14.4. The van der Waals surface area contributed by atoms with Crippen molar-refractivity contribution < 1.29 is 9.13 Å². The average molecular weight is 250 g/mol. The summed E-state index contributed by atoms with van der Waals surface area (Å²) >= 11 is 0. The number of ether oxygens (including phenoxy) is 1. The molecule has 0 radical (unpaired) electrons. The third kappa shape index (κ3) is 1.95. The van der Waals surface area contributed by atoms with Gasteiger partial charge in [-0.3, -0.25) is 4.57 Å². The van der Waals surface area contributed by atoms with Gasteiger partial charge >= 0.3 is 5.69 Å². The van der Waals surface area contributed by atoms with E-state index < -0.39 is 5.82 Å². The van der Waals surface area contributed by atoms with Gasteiger partial charge in [0.05, 0.1) is 18.2 Å². The van der Waals surface area contributed by atoms with Crippen molar-refractivity contribution in [1.82, 2.24) is 9.55 Å². The molecule has 2 heterocycles. The van der Waals surface area contributed by atoms with Gasteiger partial charge in [-0.05, 0) is 31.4 Å². The molecule has 4 nitrogen and oxygen atoms in total. The van der Waals surface area contributed by atoms with Crippen molar-refractivity contribution in [2.45, 2.75) is 31.9 Å². The molecule has 1 aliphatic heterocycles. The number of halogens is 1. The number of H-pyrrole nitrogens is 1. The summed E-state index contributed by atoms with van der Waals surface area (Å²) in [5, 5.41) is 0. The minimum atomic E-state index is -0.395. The standard InChI is InChI=1S/C13H15FN2O2/c14-10-5-3-6-11-12(10)15-13(17)16(11)8-9-4-1-2-7-18-9/h3,5-6,9H,1-2,4,7-8H2,(H,15,17). The summed E-state index contributed by atoms with van der Waals surface area (Å²) in [5.41, 5.74) is 0.608. The van der Waals surface area contributed by atoms with Gasteiger partial charge in [-0.1, -0.05) is 6.07 Å². The van der Waals surface area contributed by atoms with Crippen LogP contribution in [0.5, 0.6) is 0 Å². The molecule has 1 saturated heterocycles. The number of benzene rings is 1. The second kappa shape index (κ2) is 4.57.